The number of anilines is 2. The molecule has 1 aromatic carbocycles. The molecule has 1 heterocycles. The van der Waals surface area contributed by atoms with E-state index >= 15 is 0 Å². The highest BCUT2D eigenvalue weighted by Crippen LogP contribution is 2.27. The van der Waals surface area contributed by atoms with Crippen LogP contribution in [0.25, 0.3) is 0 Å². The molecular weight excluding hydrogens is 148 g/mol. The van der Waals surface area contributed by atoms with Crippen molar-refractivity contribution in [3.63, 3.8) is 0 Å². The predicted octanol–water partition coefficient (Wildman–Crippen LogP) is 2.61. The van der Waals surface area contributed by atoms with Crippen LogP contribution in [0.4, 0.5) is 11.4 Å². The normalized spacial score (nSPS) is 13.2. The largest absolute Gasteiger partial charge is 0.359 e. The zero-order valence-corrected chi connectivity index (χ0v) is 7.31. The van der Waals surface area contributed by atoms with Gasteiger partial charge in [0.25, 0.3) is 0 Å². The zero-order valence-electron chi connectivity index (χ0n) is 7.31. The average Bonchev–Trinajstić information content (AvgIpc) is 2.07. The van der Waals surface area contributed by atoms with E-state index in [4.69, 9.17) is 0 Å². The maximum Gasteiger partial charge on any atom is 0.0622 e. The summed E-state index contributed by atoms with van der Waals surface area (Å²) in [6, 6.07) is 4.31. The number of rotatable bonds is 0. The average molecular weight is 160 g/mol. The number of benzene rings is 1. The molecule has 0 radical (unpaired) electrons. The Balaban J connectivity index is 2.53. The summed E-state index contributed by atoms with van der Waals surface area (Å²) in [5.41, 5.74) is 4.94. The summed E-state index contributed by atoms with van der Waals surface area (Å²) in [6.07, 6.45) is 3.80. The molecule has 12 heavy (non-hydrogen) atoms. The van der Waals surface area contributed by atoms with Gasteiger partial charge in [-0.25, -0.2) is 0 Å². The molecule has 0 spiro atoms. The fourth-order valence-electron chi connectivity index (χ4n) is 1.32. The van der Waals surface area contributed by atoms with Gasteiger partial charge in [0.15, 0.2) is 0 Å². The summed E-state index contributed by atoms with van der Waals surface area (Å²) >= 11 is 0. The summed E-state index contributed by atoms with van der Waals surface area (Å²) in [5, 5.41) is 6.38. The molecule has 1 aromatic rings. The zero-order chi connectivity index (χ0) is 8.55. The van der Waals surface area contributed by atoms with Gasteiger partial charge in [0, 0.05) is 12.4 Å². The van der Waals surface area contributed by atoms with Gasteiger partial charge < -0.3 is 10.6 Å². The van der Waals surface area contributed by atoms with Crippen LogP contribution in [0.1, 0.15) is 11.1 Å². The van der Waals surface area contributed by atoms with Gasteiger partial charge in [-0.05, 0) is 37.1 Å². The van der Waals surface area contributed by atoms with E-state index in [-0.39, 0.29) is 0 Å². The minimum absolute atomic E-state index is 1.15. The standard InChI is InChI=1S/C10H12N2/c1-7-5-9-10(6-8(7)2)12-4-3-11-9/h3-6,11-12H,1-2H3. The van der Waals surface area contributed by atoms with Crippen LogP contribution >= 0.6 is 0 Å². The van der Waals surface area contributed by atoms with Crippen molar-refractivity contribution in [3.8, 4) is 0 Å². The van der Waals surface area contributed by atoms with Gasteiger partial charge in [-0.3, -0.25) is 0 Å². The molecule has 1 aliphatic rings. The third kappa shape index (κ3) is 1.05. The Morgan fingerprint density at radius 3 is 1.67 bits per heavy atom. The summed E-state index contributed by atoms with van der Waals surface area (Å²) in [4.78, 5) is 0. The molecule has 1 aliphatic heterocycles. The first-order chi connectivity index (χ1) is 5.77. The van der Waals surface area contributed by atoms with Crippen LogP contribution in [0.2, 0.25) is 0 Å². The molecule has 0 fully saturated rings. The molecule has 0 aliphatic carbocycles. The molecule has 0 atom stereocenters. The Hall–Kier alpha value is -1.44. The smallest absolute Gasteiger partial charge is 0.0622 e. The van der Waals surface area contributed by atoms with E-state index in [2.05, 4.69) is 36.6 Å². The van der Waals surface area contributed by atoms with Crippen molar-refractivity contribution in [1.82, 2.24) is 0 Å². The van der Waals surface area contributed by atoms with Crippen molar-refractivity contribution in [2.24, 2.45) is 0 Å². The van der Waals surface area contributed by atoms with Crippen molar-refractivity contribution in [2.45, 2.75) is 13.8 Å². The van der Waals surface area contributed by atoms with Gasteiger partial charge in [0.2, 0.25) is 0 Å². The van der Waals surface area contributed by atoms with Crippen molar-refractivity contribution >= 4 is 11.4 Å². The van der Waals surface area contributed by atoms with Gasteiger partial charge in [0.05, 0.1) is 11.4 Å². The van der Waals surface area contributed by atoms with E-state index in [0.717, 1.165) is 11.4 Å². The van der Waals surface area contributed by atoms with Crippen LogP contribution in [-0.2, 0) is 0 Å². The molecule has 0 amide bonds. The summed E-state index contributed by atoms with van der Waals surface area (Å²) in [7, 11) is 0. The first kappa shape index (κ1) is 7.22. The minimum atomic E-state index is 1.15. The lowest BCUT2D eigenvalue weighted by Gasteiger charge is -2.16. The van der Waals surface area contributed by atoms with Crippen molar-refractivity contribution in [2.75, 3.05) is 10.6 Å². The fraction of sp³-hybridized carbons (Fsp3) is 0.200. The van der Waals surface area contributed by atoms with Crippen LogP contribution in [0.3, 0.4) is 0 Å². The Morgan fingerprint density at radius 2 is 1.25 bits per heavy atom. The highest BCUT2D eigenvalue weighted by Gasteiger charge is 2.04. The highest BCUT2D eigenvalue weighted by atomic mass is 15.0. The fourth-order valence-corrected chi connectivity index (χ4v) is 1.32. The third-order valence-electron chi connectivity index (χ3n) is 2.19. The quantitative estimate of drug-likeness (QED) is 0.609. The molecule has 0 saturated carbocycles. The Kier molecular flexibility index (Phi) is 1.54. The third-order valence-corrected chi connectivity index (χ3v) is 2.19. The second-order valence-corrected chi connectivity index (χ2v) is 3.10. The topological polar surface area (TPSA) is 24.1 Å². The van der Waals surface area contributed by atoms with Crippen molar-refractivity contribution < 1.29 is 0 Å². The number of aryl methyl sites for hydroxylation is 2. The van der Waals surface area contributed by atoms with Gasteiger partial charge in [0.1, 0.15) is 0 Å². The van der Waals surface area contributed by atoms with Crippen LogP contribution < -0.4 is 10.6 Å². The summed E-state index contributed by atoms with van der Waals surface area (Å²) < 4.78 is 0. The molecule has 0 unspecified atom stereocenters. The van der Waals surface area contributed by atoms with Gasteiger partial charge in [-0.2, -0.15) is 0 Å². The molecule has 2 N–H and O–H groups in total. The second kappa shape index (κ2) is 2.55. The van der Waals surface area contributed by atoms with Gasteiger partial charge in [-0.15, -0.1) is 0 Å². The lowest BCUT2D eigenvalue weighted by Crippen LogP contribution is -2.03. The van der Waals surface area contributed by atoms with Crippen LogP contribution in [0.5, 0.6) is 0 Å². The first-order valence-electron chi connectivity index (χ1n) is 4.07. The van der Waals surface area contributed by atoms with E-state index in [1.807, 2.05) is 12.4 Å². The summed E-state index contributed by atoms with van der Waals surface area (Å²) in [6.45, 7) is 4.24. The minimum Gasteiger partial charge on any atom is -0.359 e. The number of nitrogens with one attached hydrogen (secondary N) is 2. The number of fused-ring (bicyclic) bond motifs is 1. The molecule has 2 heteroatoms. The Bertz CT molecular complexity index is 307. The van der Waals surface area contributed by atoms with Crippen LogP contribution in [-0.4, -0.2) is 0 Å². The lowest BCUT2D eigenvalue weighted by atomic mass is 10.1. The van der Waals surface area contributed by atoms with Gasteiger partial charge in [-0.1, -0.05) is 0 Å². The molecular formula is C10H12N2. The summed E-state index contributed by atoms with van der Waals surface area (Å²) in [5.74, 6) is 0. The van der Waals surface area contributed by atoms with Crippen molar-refractivity contribution in [3.05, 3.63) is 35.7 Å². The Morgan fingerprint density at radius 1 is 0.833 bits per heavy atom. The monoisotopic (exact) mass is 160 g/mol. The highest BCUT2D eigenvalue weighted by molar-refractivity contribution is 5.74. The first-order valence-corrected chi connectivity index (χ1v) is 4.07. The van der Waals surface area contributed by atoms with E-state index in [0.29, 0.717) is 0 Å². The number of hydrogen-bond acceptors (Lipinski definition) is 2. The van der Waals surface area contributed by atoms with Gasteiger partial charge >= 0.3 is 0 Å². The van der Waals surface area contributed by atoms with E-state index in [9.17, 15) is 0 Å². The maximum absolute atomic E-state index is 3.19. The SMILES string of the molecule is Cc1cc2c(cc1C)NC=CN2. The Labute approximate surface area is 72.3 Å². The maximum atomic E-state index is 3.19. The molecule has 0 aromatic heterocycles. The van der Waals surface area contributed by atoms with E-state index < -0.39 is 0 Å². The lowest BCUT2D eigenvalue weighted by molar-refractivity contribution is 1.32. The predicted molar refractivity (Wildman–Crippen MR) is 52.3 cm³/mol. The van der Waals surface area contributed by atoms with Crippen LogP contribution in [0.15, 0.2) is 24.5 Å². The molecule has 0 saturated heterocycles. The molecule has 0 bridgehead atoms. The van der Waals surface area contributed by atoms with E-state index in [1.165, 1.54) is 11.1 Å². The molecule has 2 nitrogen and oxygen atoms in total. The molecule has 2 rings (SSSR count). The second-order valence-electron chi connectivity index (χ2n) is 3.10. The van der Waals surface area contributed by atoms with Crippen LogP contribution in [0, 0.1) is 13.8 Å². The van der Waals surface area contributed by atoms with Crippen molar-refractivity contribution in [1.29, 1.82) is 0 Å². The number of hydrogen-bond donors (Lipinski definition) is 2. The molecule has 62 valence electrons. The van der Waals surface area contributed by atoms with E-state index in [1.54, 1.807) is 0 Å².